The summed E-state index contributed by atoms with van der Waals surface area (Å²) in [7, 11) is 0. The lowest BCUT2D eigenvalue weighted by Crippen LogP contribution is -2.47. The van der Waals surface area contributed by atoms with Gasteiger partial charge in [0.2, 0.25) is 0 Å². The van der Waals surface area contributed by atoms with Crippen LogP contribution in [0.5, 0.6) is 11.5 Å². The molecule has 0 aliphatic carbocycles. The highest BCUT2D eigenvalue weighted by molar-refractivity contribution is 5.74. The van der Waals surface area contributed by atoms with Gasteiger partial charge >= 0.3 is 6.03 Å². The minimum atomic E-state index is -0.404. The first-order valence-corrected chi connectivity index (χ1v) is 6.66. The number of amides is 2. The highest BCUT2D eigenvalue weighted by Crippen LogP contribution is 2.17. The van der Waals surface area contributed by atoms with Gasteiger partial charge in [-0.15, -0.1) is 0 Å². The van der Waals surface area contributed by atoms with E-state index in [9.17, 15) is 9.90 Å². The van der Waals surface area contributed by atoms with Gasteiger partial charge in [0, 0.05) is 13.1 Å². The third kappa shape index (κ3) is 4.05. The third-order valence-electron chi connectivity index (χ3n) is 3.12. The highest BCUT2D eigenvalue weighted by Gasteiger charge is 2.18. The van der Waals surface area contributed by atoms with E-state index in [2.05, 4.69) is 5.32 Å². The predicted molar refractivity (Wildman–Crippen MR) is 72.2 cm³/mol. The molecule has 104 valence electrons. The molecule has 1 aromatic rings. The lowest BCUT2D eigenvalue weighted by atomic mass is 10.1. The van der Waals surface area contributed by atoms with Crippen molar-refractivity contribution in [3.8, 4) is 11.5 Å². The van der Waals surface area contributed by atoms with Gasteiger partial charge in [0.15, 0.2) is 6.23 Å². The van der Waals surface area contributed by atoms with Crippen LogP contribution in [-0.4, -0.2) is 35.4 Å². The number of nitrogens with zero attached hydrogens (tertiary/aromatic N) is 1. The highest BCUT2D eigenvalue weighted by atomic mass is 16.5. The number of piperidine rings is 1. The number of carbonyl (C=O) groups excluding carboxylic acids is 1. The minimum absolute atomic E-state index is 0.0778. The number of hydrogen-bond acceptors (Lipinski definition) is 3. The minimum Gasteiger partial charge on any atom is -0.508 e. The van der Waals surface area contributed by atoms with E-state index in [4.69, 9.17) is 4.74 Å². The van der Waals surface area contributed by atoms with E-state index in [1.807, 2.05) is 4.90 Å². The van der Waals surface area contributed by atoms with Crippen molar-refractivity contribution in [2.75, 3.05) is 13.1 Å². The summed E-state index contributed by atoms with van der Waals surface area (Å²) in [5, 5.41) is 12.0. The van der Waals surface area contributed by atoms with Gasteiger partial charge in [0.05, 0.1) is 0 Å². The van der Waals surface area contributed by atoms with Crippen molar-refractivity contribution < 1.29 is 14.6 Å². The van der Waals surface area contributed by atoms with Crippen molar-refractivity contribution in [2.24, 2.45) is 0 Å². The SMILES string of the molecule is CC(NC(=O)N1CCCCC1)Oc1ccc(O)cc1. The van der Waals surface area contributed by atoms with Crippen molar-refractivity contribution >= 4 is 6.03 Å². The second kappa shape index (κ2) is 6.31. The Morgan fingerprint density at radius 2 is 1.89 bits per heavy atom. The van der Waals surface area contributed by atoms with Gasteiger partial charge in [-0.1, -0.05) is 0 Å². The summed E-state index contributed by atoms with van der Waals surface area (Å²) in [5.41, 5.74) is 0. The number of benzene rings is 1. The average Bonchev–Trinajstić information content (AvgIpc) is 2.42. The molecular weight excluding hydrogens is 244 g/mol. The third-order valence-corrected chi connectivity index (χ3v) is 3.12. The Morgan fingerprint density at radius 1 is 1.26 bits per heavy atom. The zero-order valence-electron chi connectivity index (χ0n) is 11.1. The molecule has 0 radical (unpaired) electrons. The quantitative estimate of drug-likeness (QED) is 0.823. The van der Waals surface area contributed by atoms with E-state index in [0.29, 0.717) is 5.75 Å². The van der Waals surface area contributed by atoms with Gasteiger partial charge in [-0.05, 0) is 50.5 Å². The monoisotopic (exact) mass is 264 g/mol. The van der Waals surface area contributed by atoms with E-state index in [0.717, 1.165) is 25.9 Å². The summed E-state index contributed by atoms with van der Waals surface area (Å²) in [4.78, 5) is 13.8. The second-order valence-corrected chi connectivity index (χ2v) is 4.75. The number of phenolic OH excluding ortho intramolecular Hbond substituents is 1. The summed E-state index contributed by atoms with van der Waals surface area (Å²) in [6.07, 6.45) is 2.93. The molecule has 1 unspecified atom stereocenters. The summed E-state index contributed by atoms with van der Waals surface area (Å²) in [5.74, 6) is 0.807. The lowest BCUT2D eigenvalue weighted by Gasteiger charge is -2.28. The number of carbonyl (C=O) groups is 1. The molecular formula is C14H20N2O3. The molecule has 2 N–H and O–H groups in total. The first kappa shape index (κ1) is 13.5. The maximum Gasteiger partial charge on any atom is 0.320 e. The lowest BCUT2D eigenvalue weighted by molar-refractivity contribution is 0.147. The fourth-order valence-corrected chi connectivity index (χ4v) is 2.12. The van der Waals surface area contributed by atoms with Crippen molar-refractivity contribution in [3.05, 3.63) is 24.3 Å². The predicted octanol–water partition coefficient (Wildman–Crippen LogP) is 2.31. The number of phenols is 1. The van der Waals surface area contributed by atoms with Crippen LogP contribution in [0, 0.1) is 0 Å². The standard InChI is InChI=1S/C14H20N2O3/c1-11(19-13-7-5-12(17)6-8-13)15-14(18)16-9-3-2-4-10-16/h5-8,11,17H,2-4,9-10H2,1H3,(H,15,18). The molecule has 0 spiro atoms. The van der Waals surface area contributed by atoms with Crippen molar-refractivity contribution in [3.63, 3.8) is 0 Å². The average molecular weight is 264 g/mol. The van der Waals surface area contributed by atoms with Crippen LogP contribution in [0.2, 0.25) is 0 Å². The molecule has 0 bridgehead atoms. The first-order chi connectivity index (χ1) is 9.15. The fraction of sp³-hybridized carbons (Fsp3) is 0.500. The van der Waals surface area contributed by atoms with Gasteiger partial charge in [0.25, 0.3) is 0 Å². The molecule has 1 heterocycles. The summed E-state index contributed by atoms with van der Waals surface area (Å²) < 4.78 is 5.56. The molecule has 1 aliphatic rings. The Labute approximate surface area is 113 Å². The Bertz CT molecular complexity index is 413. The summed E-state index contributed by atoms with van der Waals surface area (Å²) >= 11 is 0. The van der Waals surface area contributed by atoms with Gasteiger partial charge < -0.3 is 20.1 Å². The topological polar surface area (TPSA) is 61.8 Å². The Balaban J connectivity index is 1.81. The smallest absolute Gasteiger partial charge is 0.320 e. The van der Waals surface area contributed by atoms with Crippen LogP contribution in [0.25, 0.3) is 0 Å². The van der Waals surface area contributed by atoms with Crippen LogP contribution in [-0.2, 0) is 0 Å². The van der Waals surface area contributed by atoms with Gasteiger partial charge in [0.1, 0.15) is 11.5 Å². The first-order valence-electron chi connectivity index (χ1n) is 6.66. The number of ether oxygens (including phenoxy) is 1. The van der Waals surface area contributed by atoms with E-state index in [-0.39, 0.29) is 11.8 Å². The molecule has 1 aromatic carbocycles. The van der Waals surface area contributed by atoms with Crippen LogP contribution in [0.1, 0.15) is 26.2 Å². The normalized spacial score (nSPS) is 16.8. The van der Waals surface area contributed by atoms with Crippen molar-refractivity contribution in [1.82, 2.24) is 10.2 Å². The number of aromatic hydroxyl groups is 1. The number of nitrogens with one attached hydrogen (secondary N) is 1. The molecule has 1 aliphatic heterocycles. The van der Waals surface area contributed by atoms with Crippen LogP contribution < -0.4 is 10.1 Å². The molecule has 1 atom stereocenters. The Kier molecular flexibility index (Phi) is 4.49. The van der Waals surface area contributed by atoms with E-state index in [1.54, 1.807) is 31.2 Å². The zero-order valence-corrected chi connectivity index (χ0v) is 11.1. The maximum absolute atomic E-state index is 11.9. The number of urea groups is 1. The van der Waals surface area contributed by atoms with Crippen LogP contribution in [0.4, 0.5) is 4.79 Å². The van der Waals surface area contributed by atoms with Crippen LogP contribution in [0.3, 0.4) is 0 Å². The number of likely N-dealkylation sites (tertiary alicyclic amines) is 1. The molecule has 19 heavy (non-hydrogen) atoms. The van der Waals surface area contributed by atoms with E-state index in [1.165, 1.54) is 6.42 Å². The number of hydrogen-bond donors (Lipinski definition) is 2. The number of rotatable bonds is 3. The molecule has 2 rings (SSSR count). The van der Waals surface area contributed by atoms with Gasteiger partial charge in [-0.2, -0.15) is 0 Å². The fourth-order valence-electron chi connectivity index (χ4n) is 2.12. The Hall–Kier alpha value is -1.91. The molecule has 5 heteroatoms. The van der Waals surface area contributed by atoms with Crippen molar-refractivity contribution in [1.29, 1.82) is 0 Å². The van der Waals surface area contributed by atoms with Gasteiger partial charge in [-0.25, -0.2) is 4.79 Å². The van der Waals surface area contributed by atoms with Gasteiger partial charge in [-0.3, -0.25) is 0 Å². The molecule has 5 nitrogen and oxygen atoms in total. The molecule has 1 fully saturated rings. The zero-order chi connectivity index (χ0) is 13.7. The second-order valence-electron chi connectivity index (χ2n) is 4.75. The summed E-state index contributed by atoms with van der Waals surface area (Å²) in [6.45, 7) is 3.42. The van der Waals surface area contributed by atoms with Crippen molar-refractivity contribution in [2.45, 2.75) is 32.4 Å². The summed E-state index contributed by atoms with van der Waals surface area (Å²) in [6, 6.07) is 6.35. The molecule has 1 saturated heterocycles. The largest absolute Gasteiger partial charge is 0.508 e. The van der Waals surface area contributed by atoms with E-state index < -0.39 is 6.23 Å². The van der Waals surface area contributed by atoms with Crippen LogP contribution >= 0.6 is 0 Å². The van der Waals surface area contributed by atoms with Crippen LogP contribution in [0.15, 0.2) is 24.3 Å². The maximum atomic E-state index is 11.9. The molecule has 0 aromatic heterocycles. The van der Waals surface area contributed by atoms with E-state index >= 15 is 0 Å². The molecule has 0 saturated carbocycles. The molecule has 2 amide bonds. The Morgan fingerprint density at radius 3 is 2.53 bits per heavy atom.